The molecule has 1 saturated carbocycles. The van der Waals surface area contributed by atoms with Crippen LogP contribution in [0.15, 0.2) is 114 Å². The number of nitrogens with zero attached hydrogens (tertiary/aromatic N) is 1. The van der Waals surface area contributed by atoms with Gasteiger partial charge in [-0.1, -0.05) is 132 Å². The summed E-state index contributed by atoms with van der Waals surface area (Å²) in [5, 5.41) is 0. The minimum Gasteiger partial charge on any atom is -0.262 e. The van der Waals surface area contributed by atoms with Gasteiger partial charge in [-0.3, -0.25) is 4.99 Å². The summed E-state index contributed by atoms with van der Waals surface area (Å²) in [6.07, 6.45) is 15.8. The molecule has 1 nitrogen and oxygen atoms in total. The third kappa shape index (κ3) is 26.4. The maximum absolute atomic E-state index is 13.0. The summed E-state index contributed by atoms with van der Waals surface area (Å²) >= 11 is 0. The Kier molecular flexibility index (Phi) is 32.0. The minimum absolute atomic E-state index is 0.175. The lowest BCUT2D eigenvalue weighted by Crippen LogP contribution is -1.94. The van der Waals surface area contributed by atoms with Crippen LogP contribution in [0.5, 0.6) is 0 Å². The number of benzene rings is 2. The molecular formula is C42H66FN. The third-order valence-electron chi connectivity index (χ3n) is 6.95. The van der Waals surface area contributed by atoms with Gasteiger partial charge in [-0.05, 0) is 102 Å². The van der Waals surface area contributed by atoms with E-state index >= 15 is 0 Å². The quantitative estimate of drug-likeness (QED) is 0.170. The van der Waals surface area contributed by atoms with Gasteiger partial charge >= 0.3 is 0 Å². The zero-order valence-electron chi connectivity index (χ0n) is 30.3. The Labute approximate surface area is 273 Å². The fourth-order valence-corrected chi connectivity index (χ4v) is 3.90. The molecule has 2 heteroatoms. The van der Waals surface area contributed by atoms with Crippen LogP contribution in [-0.4, -0.2) is 6.21 Å². The Morgan fingerprint density at radius 2 is 1.34 bits per heavy atom. The van der Waals surface area contributed by atoms with Gasteiger partial charge in [0.25, 0.3) is 0 Å². The van der Waals surface area contributed by atoms with Crippen molar-refractivity contribution >= 4 is 6.21 Å². The molecule has 0 atom stereocenters. The van der Waals surface area contributed by atoms with E-state index in [1.165, 1.54) is 78.0 Å². The van der Waals surface area contributed by atoms with Crippen LogP contribution in [0.1, 0.15) is 124 Å². The van der Waals surface area contributed by atoms with Crippen LogP contribution in [0.25, 0.3) is 0 Å². The first-order valence-electron chi connectivity index (χ1n) is 16.4. The van der Waals surface area contributed by atoms with E-state index in [0.717, 1.165) is 30.5 Å². The van der Waals surface area contributed by atoms with Crippen molar-refractivity contribution in [1.29, 1.82) is 0 Å². The second kappa shape index (κ2) is 31.2. The summed E-state index contributed by atoms with van der Waals surface area (Å²) in [6, 6.07) is 15.4. The second-order valence-corrected chi connectivity index (χ2v) is 10.8. The molecule has 1 aliphatic rings. The van der Waals surface area contributed by atoms with Crippen LogP contribution < -0.4 is 0 Å². The van der Waals surface area contributed by atoms with Crippen LogP contribution in [0, 0.1) is 12.7 Å². The van der Waals surface area contributed by atoms with Gasteiger partial charge in [0, 0.05) is 11.9 Å². The molecule has 0 unspecified atom stereocenters. The summed E-state index contributed by atoms with van der Waals surface area (Å²) in [6.45, 7) is 33.9. The monoisotopic (exact) mass is 604 g/mol. The Morgan fingerprint density at radius 3 is 1.66 bits per heavy atom. The highest BCUT2D eigenvalue weighted by Gasteiger charge is 2.01. The Bertz CT molecular complexity index is 1080. The molecular weight excluding hydrogens is 537 g/mol. The molecule has 0 radical (unpaired) electrons. The maximum Gasteiger partial charge on any atom is 0.123 e. The molecule has 1 fully saturated rings. The topological polar surface area (TPSA) is 12.4 Å². The van der Waals surface area contributed by atoms with E-state index in [0.29, 0.717) is 0 Å². The van der Waals surface area contributed by atoms with Crippen LogP contribution in [0.4, 0.5) is 4.39 Å². The van der Waals surface area contributed by atoms with E-state index in [-0.39, 0.29) is 5.82 Å². The van der Waals surface area contributed by atoms with Gasteiger partial charge in [0.1, 0.15) is 5.82 Å². The molecule has 0 heterocycles. The smallest absolute Gasteiger partial charge is 0.123 e. The fraction of sp³-hybridized carbons (Fsp3) is 0.452. The highest BCUT2D eigenvalue weighted by Crippen LogP contribution is 2.16. The third-order valence-corrected chi connectivity index (χ3v) is 6.95. The van der Waals surface area contributed by atoms with Gasteiger partial charge in [0.15, 0.2) is 0 Å². The van der Waals surface area contributed by atoms with Gasteiger partial charge < -0.3 is 0 Å². The summed E-state index contributed by atoms with van der Waals surface area (Å²) in [5.74, 6) is -0.175. The molecule has 0 N–H and O–H groups in total. The summed E-state index contributed by atoms with van der Waals surface area (Å²) in [7, 11) is 0. The summed E-state index contributed by atoms with van der Waals surface area (Å²) in [5.41, 5.74) is 9.41. The van der Waals surface area contributed by atoms with E-state index in [1.54, 1.807) is 6.07 Å². The lowest BCUT2D eigenvalue weighted by atomic mass is 10.0. The van der Waals surface area contributed by atoms with Gasteiger partial charge in [0.2, 0.25) is 0 Å². The Balaban J connectivity index is -0.000000539. The molecule has 3 rings (SSSR count). The number of hydrogen-bond donors (Lipinski definition) is 0. The van der Waals surface area contributed by atoms with Crippen molar-refractivity contribution in [3.63, 3.8) is 0 Å². The highest BCUT2D eigenvalue weighted by atomic mass is 19.1. The highest BCUT2D eigenvalue weighted by molar-refractivity contribution is 5.79. The second-order valence-electron chi connectivity index (χ2n) is 10.8. The van der Waals surface area contributed by atoms with E-state index in [4.69, 9.17) is 0 Å². The van der Waals surface area contributed by atoms with Crippen molar-refractivity contribution in [2.45, 2.75) is 127 Å². The van der Waals surface area contributed by atoms with E-state index in [1.807, 2.05) is 66.0 Å². The number of halogens is 1. The van der Waals surface area contributed by atoms with Gasteiger partial charge in [0.05, 0.1) is 0 Å². The molecule has 2 aromatic rings. The first-order valence-corrected chi connectivity index (χ1v) is 16.4. The van der Waals surface area contributed by atoms with Gasteiger partial charge in [-0.2, -0.15) is 0 Å². The Morgan fingerprint density at radius 1 is 0.841 bits per heavy atom. The zero-order valence-corrected chi connectivity index (χ0v) is 30.3. The SMILES string of the molecule is C1CCCCC1.C=C.C=C(C)C(C)=C(C)C.C=C(C)N=C/C(=C\C)CCc1ccc(F)cc1C.CC.CCc1ccccc1. The number of aliphatic imine (C=N–C) groups is 1. The molecule has 0 bridgehead atoms. The van der Waals surface area contributed by atoms with Gasteiger partial charge in [-0.25, -0.2) is 4.39 Å². The predicted octanol–water partition coefficient (Wildman–Crippen LogP) is 14.0. The lowest BCUT2D eigenvalue weighted by molar-refractivity contribution is 0.504. The number of hydrogen-bond acceptors (Lipinski definition) is 1. The normalized spacial score (nSPS) is 11.7. The van der Waals surface area contributed by atoms with Crippen LogP contribution in [-0.2, 0) is 12.8 Å². The van der Waals surface area contributed by atoms with E-state index < -0.39 is 0 Å². The van der Waals surface area contributed by atoms with Crippen LogP contribution >= 0.6 is 0 Å². The van der Waals surface area contributed by atoms with Crippen LogP contribution in [0.2, 0.25) is 0 Å². The van der Waals surface area contributed by atoms with Crippen molar-refractivity contribution in [3.8, 4) is 0 Å². The molecule has 246 valence electrons. The zero-order chi connectivity index (χ0) is 34.3. The predicted molar refractivity (Wildman–Crippen MR) is 202 cm³/mol. The largest absolute Gasteiger partial charge is 0.262 e. The van der Waals surface area contributed by atoms with Gasteiger partial charge in [-0.15, -0.1) is 13.2 Å². The standard InChI is InChI=1S/C16H20FN.C8H10.C8H14.C6H12.C2H6.C2H4/c1-5-14(11-18-12(2)3)6-7-15-8-9-16(17)10-13(15)4;1-2-8-6-4-3-5-7-8;1-6(2)8(5)7(3)4;1-2-4-6-5-3-1;2*1-2/h5,8-11H,2,6-7H2,1,3-4H3;3-7H,2H2,1H3;1H2,2-5H3;1-6H2;1-2H3;1-2H2/b14-5-,18-11?;;;;;. The Hall–Kier alpha value is -3.26. The number of allylic oxidation sites excluding steroid dienone is 6. The molecule has 0 saturated heterocycles. The van der Waals surface area contributed by atoms with E-state index in [9.17, 15) is 4.39 Å². The molecule has 1 aliphatic carbocycles. The summed E-state index contributed by atoms with van der Waals surface area (Å²) < 4.78 is 13.0. The number of aryl methyl sites for hydroxylation is 3. The molecule has 0 aliphatic heterocycles. The average molecular weight is 604 g/mol. The minimum atomic E-state index is -0.175. The molecule has 0 amide bonds. The summed E-state index contributed by atoms with van der Waals surface area (Å²) in [4.78, 5) is 4.20. The first kappa shape index (κ1) is 45.2. The van der Waals surface area contributed by atoms with Crippen LogP contribution in [0.3, 0.4) is 0 Å². The molecule has 2 aromatic carbocycles. The first-order chi connectivity index (χ1) is 21.0. The van der Waals surface area contributed by atoms with Crippen molar-refractivity contribution < 1.29 is 4.39 Å². The van der Waals surface area contributed by atoms with Crippen molar-refractivity contribution in [2.75, 3.05) is 0 Å². The fourth-order valence-electron chi connectivity index (χ4n) is 3.90. The van der Waals surface area contributed by atoms with Crippen molar-refractivity contribution in [3.05, 3.63) is 131 Å². The molecule has 44 heavy (non-hydrogen) atoms. The van der Waals surface area contributed by atoms with Crippen molar-refractivity contribution in [1.82, 2.24) is 0 Å². The molecule has 0 spiro atoms. The maximum atomic E-state index is 13.0. The van der Waals surface area contributed by atoms with E-state index in [2.05, 4.69) is 83.3 Å². The molecule has 0 aromatic heterocycles. The average Bonchev–Trinajstić information content (AvgIpc) is 3.05. The number of rotatable bonds is 7. The lowest BCUT2D eigenvalue weighted by Gasteiger charge is -2.06. The van der Waals surface area contributed by atoms with Crippen molar-refractivity contribution in [2.24, 2.45) is 4.99 Å².